The van der Waals surface area contributed by atoms with Crippen molar-refractivity contribution in [2.24, 2.45) is 17.2 Å². The zero-order chi connectivity index (χ0) is 14.9. The van der Waals surface area contributed by atoms with Gasteiger partial charge in [-0.3, -0.25) is 11.3 Å². The first-order chi connectivity index (χ1) is 9.38. The summed E-state index contributed by atoms with van der Waals surface area (Å²) in [6.07, 6.45) is 4.07. The second kappa shape index (κ2) is 5.74. The van der Waals surface area contributed by atoms with Crippen molar-refractivity contribution in [3.8, 4) is 0 Å². The van der Waals surface area contributed by atoms with Gasteiger partial charge in [0.1, 0.15) is 0 Å². The molecule has 2 rings (SSSR count). The van der Waals surface area contributed by atoms with Crippen molar-refractivity contribution < 1.29 is 13.2 Å². The summed E-state index contributed by atoms with van der Waals surface area (Å²) in [6, 6.07) is 1.72. The van der Waals surface area contributed by atoms with Crippen LogP contribution in [0.2, 0.25) is 0 Å². The van der Waals surface area contributed by atoms with Gasteiger partial charge in [-0.15, -0.1) is 0 Å². The molecule has 0 spiro atoms. The summed E-state index contributed by atoms with van der Waals surface area (Å²) in [5, 5.41) is 0. The smallest absolute Gasteiger partial charge is 0.194 e. The molecule has 1 aromatic carbocycles. The maximum atomic E-state index is 14.0. The van der Waals surface area contributed by atoms with Crippen LogP contribution in [0.25, 0.3) is 0 Å². The second-order valence-corrected chi connectivity index (χ2v) is 6.25. The molecule has 112 valence electrons. The van der Waals surface area contributed by atoms with Crippen LogP contribution in [0.5, 0.6) is 0 Å². The Morgan fingerprint density at radius 3 is 2.50 bits per heavy atom. The quantitative estimate of drug-likeness (QED) is 0.503. The van der Waals surface area contributed by atoms with E-state index in [2.05, 4.69) is 19.3 Å². The lowest BCUT2D eigenvalue weighted by molar-refractivity contribution is 0.0964. The van der Waals surface area contributed by atoms with Gasteiger partial charge >= 0.3 is 0 Å². The van der Waals surface area contributed by atoms with Gasteiger partial charge in [-0.25, -0.2) is 13.2 Å². The highest BCUT2D eigenvalue weighted by Gasteiger charge is 2.39. The minimum absolute atomic E-state index is 0.0212. The van der Waals surface area contributed by atoms with Gasteiger partial charge in [0.25, 0.3) is 0 Å². The van der Waals surface area contributed by atoms with Gasteiger partial charge in [-0.2, -0.15) is 0 Å². The van der Waals surface area contributed by atoms with Crippen LogP contribution in [0.15, 0.2) is 12.1 Å². The second-order valence-electron chi connectivity index (χ2n) is 6.25. The lowest BCUT2D eigenvalue weighted by Gasteiger charge is -2.43. The molecule has 1 aliphatic rings. The van der Waals surface area contributed by atoms with E-state index in [4.69, 9.17) is 5.84 Å². The van der Waals surface area contributed by atoms with Crippen LogP contribution in [0.3, 0.4) is 0 Å². The molecule has 5 heteroatoms. The number of nitrogens with one attached hydrogen (secondary N) is 1. The Hall–Kier alpha value is -1.07. The van der Waals surface area contributed by atoms with E-state index < -0.39 is 23.5 Å². The highest BCUT2D eigenvalue weighted by atomic mass is 19.2. The summed E-state index contributed by atoms with van der Waals surface area (Å²) >= 11 is 0. The predicted molar refractivity (Wildman–Crippen MR) is 72.1 cm³/mol. The van der Waals surface area contributed by atoms with Gasteiger partial charge in [0.2, 0.25) is 0 Å². The largest absolute Gasteiger partial charge is 0.271 e. The molecule has 0 amide bonds. The highest BCUT2D eigenvalue weighted by Crippen LogP contribution is 2.47. The van der Waals surface area contributed by atoms with Crippen LogP contribution in [-0.4, -0.2) is 0 Å². The Balaban J connectivity index is 2.40. The Morgan fingerprint density at radius 2 is 1.90 bits per heavy atom. The molecular formula is C15H21F3N2. The monoisotopic (exact) mass is 286 g/mol. The summed E-state index contributed by atoms with van der Waals surface area (Å²) in [5.74, 6) is 1.91. The Morgan fingerprint density at radius 1 is 1.20 bits per heavy atom. The number of hydrazine groups is 1. The Kier molecular flexibility index (Phi) is 4.39. The van der Waals surface area contributed by atoms with E-state index in [9.17, 15) is 13.2 Å². The molecule has 1 fully saturated rings. The van der Waals surface area contributed by atoms with Gasteiger partial charge in [0, 0.05) is 5.56 Å². The molecule has 2 nitrogen and oxygen atoms in total. The van der Waals surface area contributed by atoms with E-state index >= 15 is 0 Å². The molecule has 20 heavy (non-hydrogen) atoms. The number of nitrogens with two attached hydrogens (primary N) is 1. The maximum absolute atomic E-state index is 14.0. The third-order valence-electron chi connectivity index (χ3n) is 4.57. The number of hydrogen-bond donors (Lipinski definition) is 2. The van der Waals surface area contributed by atoms with Crippen molar-refractivity contribution in [1.82, 2.24) is 5.43 Å². The number of rotatable bonds is 3. The van der Waals surface area contributed by atoms with Crippen molar-refractivity contribution in [3.05, 3.63) is 35.1 Å². The van der Waals surface area contributed by atoms with Gasteiger partial charge in [0.05, 0.1) is 6.04 Å². The fourth-order valence-corrected chi connectivity index (χ4v) is 3.34. The molecule has 2 unspecified atom stereocenters. The van der Waals surface area contributed by atoms with Gasteiger partial charge in [0.15, 0.2) is 17.5 Å². The van der Waals surface area contributed by atoms with Crippen molar-refractivity contribution >= 4 is 0 Å². The molecule has 1 aromatic rings. The summed E-state index contributed by atoms with van der Waals surface area (Å²) < 4.78 is 40.5. The molecule has 0 aromatic heterocycles. The number of hydrogen-bond acceptors (Lipinski definition) is 2. The first kappa shape index (κ1) is 15.3. The zero-order valence-corrected chi connectivity index (χ0v) is 11.8. The van der Waals surface area contributed by atoms with Crippen LogP contribution in [-0.2, 0) is 0 Å². The fourth-order valence-electron chi connectivity index (χ4n) is 3.34. The fraction of sp³-hybridized carbons (Fsp3) is 0.600. The summed E-state index contributed by atoms with van der Waals surface area (Å²) in [7, 11) is 0. The zero-order valence-electron chi connectivity index (χ0n) is 11.8. The van der Waals surface area contributed by atoms with Crippen LogP contribution >= 0.6 is 0 Å². The molecule has 0 bridgehead atoms. The Labute approximate surface area is 117 Å². The topological polar surface area (TPSA) is 38.0 Å². The predicted octanol–water partition coefficient (Wildman–Crippen LogP) is 3.82. The lowest BCUT2D eigenvalue weighted by atomic mass is 9.65. The van der Waals surface area contributed by atoms with Gasteiger partial charge in [-0.1, -0.05) is 32.8 Å². The van der Waals surface area contributed by atoms with E-state index in [0.717, 1.165) is 31.7 Å². The molecule has 0 aliphatic heterocycles. The minimum atomic E-state index is -1.43. The molecular weight excluding hydrogens is 265 g/mol. The number of benzene rings is 1. The normalized spacial score (nSPS) is 23.6. The summed E-state index contributed by atoms with van der Waals surface area (Å²) in [5.41, 5.74) is 2.68. The van der Waals surface area contributed by atoms with E-state index in [1.54, 1.807) is 0 Å². The SMILES string of the molecule is CC1(C)CCCCC1C(NN)c1ccc(F)c(F)c1F. The van der Waals surface area contributed by atoms with Gasteiger partial charge < -0.3 is 0 Å². The molecule has 3 N–H and O–H groups in total. The van der Waals surface area contributed by atoms with E-state index in [0.29, 0.717) is 0 Å². The van der Waals surface area contributed by atoms with Crippen molar-refractivity contribution in [2.75, 3.05) is 0 Å². The summed E-state index contributed by atoms with van der Waals surface area (Å²) in [6.45, 7) is 4.22. The molecule has 1 aliphatic carbocycles. The first-order valence-electron chi connectivity index (χ1n) is 6.98. The summed E-state index contributed by atoms with van der Waals surface area (Å²) in [4.78, 5) is 0. The third-order valence-corrected chi connectivity index (χ3v) is 4.57. The Bertz CT molecular complexity index is 488. The first-order valence-corrected chi connectivity index (χ1v) is 6.98. The molecule has 0 saturated heterocycles. The van der Waals surface area contributed by atoms with E-state index in [1.165, 1.54) is 6.07 Å². The van der Waals surface area contributed by atoms with Crippen LogP contribution < -0.4 is 11.3 Å². The van der Waals surface area contributed by atoms with Crippen molar-refractivity contribution in [2.45, 2.75) is 45.6 Å². The molecule has 1 saturated carbocycles. The van der Waals surface area contributed by atoms with Gasteiger partial charge in [-0.05, 0) is 30.2 Å². The van der Waals surface area contributed by atoms with Crippen LogP contribution in [0.4, 0.5) is 13.2 Å². The van der Waals surface area contributed by atoms with Crippen molar-refractivity contribution in [1.29, 1.82) is 0 Å². The molecule has 0 heterocycles. The standard InChI is InChI=1S/C15H21F3N2/c1-15(2)8-4-3-5-10(15)14(20-19)9-6-7-11(16)13(18)12(9)17/h6-7,10,14,20H,3-5,8,19H2,1-2H3. The average Bonchev–Trinajstić information content (AvgIpc) is 2.40. The highest BCUT2D eigenvalue weighted by molar-refractivity contribution is 5.25. The lowest BCUT2D eigenvalue weighted by Crippen LogP contribution is -2.42. The third kappa shape index (κ3) is 2.69. The maximum Gasteiger partial charge on any atom is 0.194 e. The number of halogens is 3. The minimum Gasteiger partial charge on any atom is -0.271 e. The van der Waals surface area contributed by atoms with E-state index in [-0.39, 0.29) is 16.9 Å². The molecule has 0 radical (unpaired) electrons. The van der Waals surface area contributed by atoms with Crippen LogP contribution in [0.1, 0.15) is 51.1 Å². The average molecular weight is 286 g/mol. The van der Waals surface area contributed by atoms with E-state index in [1.807, 2.05) is 0 Å². The van der Waals surface area contributed by atoms with Crippen molar-refractivity contribution in [3.63, 3.8) is 0 Å². The molecule has 2 atom stereocenters. The van der Waals surface area contributed by atoms with Crippen LogP contribution in [0, 0.1) is 28.8 Å².